The molecule has 3 nitrogen and oxygen atoms in total. The predicted molar refractivity (Wildman–Crippen MR) is 85.9 cm³/mol. The number of aromatic nitrogens is 1. The van der Waals surface area contributed by atoms with Crippen molar-refractivity contribution in [1.82, 2.24) is 4.57 Å². The summed E-state index contributed by atoms with van der Waals surface area (Å²) in [5, 5.41) is 0.691. The Morgan fingerprint density at radius 3 is 2.68 bits per heavy atom. The maximum Gasteiger partial charge on any atom is 0.207 e. The molecule has 0 saturated heterocycles. The van der Waals surface area contributed by atoms with Gasteiger partial charge in [0.2, 0.25) is 5.78 Å². The van der Waals surface area contributed by atoms with Crippen molar-refractivity contribution in [2.24, 2.45) is 0 Å². The fourth-order valence-corrected chi connectivity index (χ4v) is 2.79. The number of benzene rings is 1. The van der Waals surface area contributed by atoms with Crippen molar-refractivity contribution in [3.05, 3.63) is 76.8 Å². The van der Waals surface area contributed by atoms with Crippen molar-refractivity contribution in [2.45, 2.75) is 6.54 Å². The van der Waals surface area contributed by atoms with Crippen LogP contribution >= 0.6 is 11.6 Å². The lowest BCUT2D eigenvalue weighted by atomic mass is 10.1. The molecule has 0 saturated carbocycles. The first kappa shape index (κ1) is 13.2. The lowest BCUT2D eigenvalue weighted by Crippen LogP contribution is -1.94. The van der Waals surface area contributed by atoms with Crippen LogP contribution in [0.25, 0.3) is 17.4 Å². The lowest BCUT2D eigenvalue weighted by molar-refractivity contribution is 0.103. The van der Waals surface area contributed by atoms with E-state index < -0.39 is 0 Å². The van der Waals surface area contributed by atoms with Gasteiger partial charge in [-0.1, -0.05) is 11.6 Å². The first-order valence-electron chi connectivity index (χ1n) is 6.97. The highest BCUT2D eigenvalue weighted by Gasteiger charge is 2.24. The number of ketones is 1. The number of fused-ring (bicyclic) bond motifs is 1. The standard InChI is InChI=1S/C18H12ClNO2/c19-14-5-3-12(4-6-14)17-8-7-15(22-17)10-13-11-20-9-1-2-16(20)18(13)21/h1-10H,11H2/b13-10+. The van der Waals surface area contributed by atoms with Crippen molar-refractivity contribution in [3.63, 3.8) is 0 Å². The minimum atomic E-state index is 0.0643. The summed E-state index contributed by atoms with van der Waals surface area (Å²) in [5.41, 5.74) is 2.43. The fourth-order valence-electron chi connectivity index (χ4n) is 2.66. The van der Waals surface area contributed by atoms with Crippen molar-refractivity contribution >= 4 is 23.5 Å². The highest BCUT2D eigenvalue weighted by Crippen LogP contribution is 2.27. The van der Waals surface area contributed by atoms with E-state index in [4.69, 9.17) is 16.0 Å². The van der Waals surface area contributed by atoms with Crippen LogP contribution in [0.1, 0.15) is 16.2 Å². The van der Waals surface area contributed by atoms with Crippen molar-refractivity contribution < 1.29 is 9.21 Å². The molecule has 2 aromatic heterocycles. The Kier molecular flexibility index (Phi) is 3.01. The summed E-state index contributed by atoms with van der Waals surface area (Å²) >= 11 is 5.89. The summed E-state index contributed by atoms with van der Waals surface area (Å²) in [4.78, 5) is 12.2. The Morgan fingerprint density at radius 2 is 1.91 bits per heavy atom. The van der Waals surface area contributed by atoms with Gasteiger partial charge in [-0.2, -0.15) is 0 Å². The number of hydrogen-bond donors (Lipinski definition) is 0. The summed E-state index contributed by atoms with van der Waals surface area (Å²) in [7, 11) is 0. The van der Waals surface area contributed by atoms with E-state index in [9.17, 15) is 4.79 Å². The largest absolute Gasteiger partial charge is 0.457 e. The van der Waals surface area contributed by atoms with Gasteiger partial charge in [-0.15, -0.1) is 0 Å². The Balaban J connectivity index is 1.63. The second kappa shape index (κ2) is 5.04. The van der Waals surface area contributed by atoms with Crippen LogP contribution in [0.3, 0.4) is 0 Å². The zero-order chi connectivity index (χ0) is 15.1. The van der Waals surface area contributed by atoms with E-state index in [1.807, 2.05) is 65.4 Å². The Hall–Kier alpha value is -2.52. The molecule has 0 N–H and O–H groups in total. The molecule has 0 aliphatic carbocycles. The number of rotatable bonds is 2. The third kappa shape index (κ3) is 2.20. The number of carbonyl (C=O) groups excluding carboxylic acids is 1. The summed E-state index contributed by atoms with van der Waals surface area (Å²) < 4.78 is 7.76. The van der Waals surface area contributed by atoms with Gasteiger partial charge in [0.15, 0.2) is 0 Å². The molecular formula is C18H12ClNO2. The second-order valence-electron chi connectivity index (χ2n) is 5.23. The van der Waals surface area contributed by atoms with Crippen molar-refractivity contribution in [2.75, 3.05) is 0 Å². The summed E-state index contributed by atoms with van der Waals surface area (Å²) in [6.45, 7) is 0.595. The normalized spacial score (nSPS) is 15.5. The quantitative estimate of drug-likeness (QED) is 0.644. The first-order valence-corrected chi connectivity index (χ1v) is 7.35. The number of carbonyl (C=O) groups is 1. The van der Waals surface area contributed by atoms with E-state index in [1.165, 1.54) is 0 Å². The molecule has 3 aromatic rings. The van der Waals surface area contributed by atoms with Crippen LogP contribution in [0.5, 0.6) is 0 Å². The number of furan rings is 1. The summed E-state index contributed by atoms with van der Waals surface area (Å²) in [5.74, 6) is 1.50. The molecule has 0 atom stereocenters. The van der Waals surface area contributed by atoms with Crippen LogP contribution in [-0.2, 0) is 6.54 Å². The van der Waals surface area contributed by atoms with Gasteiger partial charge in [-0.05, 0) is 54.6 Å². The van der Waals surface area contributed by atoms with Crippen LogP contribution in [-0.4, -0.2) is 10.4 Å². The van der Waals surface area contributed by atoms with E-state index in [2.05, 4.69) is 0 Å². The third-order valence-corrected chi connectivity index (χ3v) is 4.02. The molecule has 3 heterocycles. The van der Waals surface area contributed by atoms with Gasteiger partial charge in [0.25, 0.3) is 0 Å². The molecule has 0 amide bonds. The van der Waals surface area contributed by atoms with Gasteiger partial charge in [0.1, 0.15) is 11.5 Å². The Labute approximate surface area is 132 Å². The van der Waals surface area contributed by atoms with E-state index in [0.29, 0.717) is 17.3 Å². The van der Waals surface area contributed by atoms with Crippen molar-refractivity contribution in [3.8, 4) is 11.3 Å². The second-order valence-corrected chi connectivity index (χ2v) is 5.67. The van der Waals surface area contributed by atoms with Crippen molar-refractivity contribution in [1.29, 1.82) is 0 Å². The molecule has 4 rings (SSSR count). The molecular weight excluding hydrogens is 298 g/mol. The van der Waals surface area contributed by atoms with Crippen LogP contribution in [0.4, 0.5) is 0 Å². The number of hydrogen-bond acceptors (Lipinski definition) is 2. The zero-order valence-electron chi connectivity index (χ0n) is 11.6. The molecule has 0 fully saturated rings. The lowest BCUT2D eigenvalue weighted by Gasteiger charge is -1.97. The van der Waals surface area contributed by atoms with Gasteiger partial charge >= 0.3 is 0 Å². The molecule has 0 unspecified atom stereocenters. The van der Waals surface area contributed by atoms with Crippen LogP contribution in [0.15, 0.2) is 64.7 Å². The minimum absolute atomic E-state index is 0.0643. The van der Waals surface area contributed by atoms with Crippen LogP contribution in [0.2, 0.25) is 5.02 Å². The van der Waals surface area contributed by atoms with E-state index in [0.717, 1.165) is 22.6 Å². The van der Waals surface area contributed by atoms with Crippen LogP contribution < -0.4 is 0 Å². The smallest absolute Gasteiger partial charge is 0.207 e. The highest BCUT2D eigenvalue weighted by molar-refractivity contribution is 6.30. The number of halogens is 1. The average Bonchev–Trinajstić information content (AvgIpc) is 3.21. The molecule has 1 aliphatic heterocycles. The molecule has 0 bridgehead atoms. The molecule has 4 heteroatoms. The van der Waals surface area contributed by atoms with E-state index >= 15 is 0 Å². The molecule has 0 radical (unpaired) electrons. The number of Topliss-reactive ketones (excluding diaryl/α,β-unsaturated/α-hetero) is 1. The molecule has 0 spiro atoms. The molecule has 1 aromatic carbocycles. The highest BCUT2D eigenvalue weighted by atomic mass is 35.5. The topological polar surface area (TPSA) is 35.1 Å². The van der Waals surface area contributed by atoms with Gasteiger partial charge in [0.05, 0.1) is 12.2 Å². The predicted octanol–water partition coefficient (Wildman–Crippen LogP) is 4.68. The van der Waals surface area contributed by atoms with Gasteiger partial charge in [-0.3, -0.25) is 4.79 Å². The monoisotopic (exact) mass is 309 g/mol. The third-order valence-electron chi connectivity index (χ3n) is 3.77. The average molecular weight is 310 g/mol. The van der Waals surface area contributed by atoms with Gasteiger partial charge < -0.3 is 8.98 Å². The maximum absolute atomic E-state index is 12.2. The minimum Gasteiger partial charge on any atom is -0.457 e. The fraction of sp³-hybridized carbons (Fsp3) is 0.0556. The number of nitrogens with zero attached hydrogens (tertiary/aromatic N) is 1. The molecule has 1 aliphatic rings. The summed E-state index contributed by atoms with van der Waals surface area (Å²) in [6.07, 6.45) is 3.73. The molecule has 22 heavy (non-hydrogen) atoms. The first-order chi connectivity index (χ1) is 10.7. The van der Waals surface area contributed by atoms with Crippen LogP contribution in [0, 0.1) is 0 Å². The Morgan fingerprint density at radius 1 is 1.09 bits per heavy atom. The SMILES string of the molecule is O=C1/C(=C/c2ccc(-c3ccc(Cl)cc3)o2)Cn2cccc21. The Bertz CT molecular complexity index is 884. The maximum atomic E-state index is 12.2. The zero-order valence-corrected chi connectivity index (χ0v) is 12.4. The summed E-state index contributed by atoms with van der Waals surface area (Å²) in [6, 6.07) is 15.0. The van der Waals surface area contributed by atoms with Gasteiger partial charge in [-0.25, -0.2) is 0 Å². The van der Waals surface area contributed by atoms with E-state index in [-0.39, 0.29) is 5.78 Å². The molecule has 108 valence electrons. The number of allylic oxidation sites excluding steroid dienone is 1. The van der Waals surface area contributed by atoms with E-state index in [1.54, 1.807) is 0 Å². The van der Waals surface area contributed by atoms with Gasteiger partial charge in [0, 0.05) is 22.4 Å².